The smallest absolute Gasteiger partial charge is 0.102 e. The van der Waals surface area contributed by atoms with Crippen LogP contribution in [0.25, 0.3) is 21.5 Å². The summed E-state index contributed by atoms with van der Waals surface area (Å²) in [6, 6.07) is 29.5. The molecule has 0 saturated carbocycles. The number of hydrogen-bond donors (Lipinski definition) is 0. The lowest BCUT2D eigenvalue weighted by atomic mass is 9.95. The largest absolute Gasteiger partial charge is 0.198 e. The van der Waals surface area contributed by atoms with Gasteiger partial charge in [0.05, 0.1) is 0 Å². The summed E-state index contributed by atoms with van der Waals surface area (Å²) in [5, 5.41) is 19.4. The molecule has 0 spiro atoms. The summed E-state index contributed by atoms with van der Waals surface area (Å²) < 4.78 is 0. The zero-order valence-electron chi connectivity index (χ0n) is 21.0. The van der Waals surface area contributed by atoms with Gasteiger partial charge in [-0.3, -0.25) is 0 Å². The predicted molar refractivity (Wildman–Crippen MR) is 138 cm³/mol. The molecule has 4 rings (SSSR count). The normalized spacial score (nSPS) is 12.5. The monoisotopic (exact) mass is 474 g/mol. The van der Waals surface area contributed by atoms with Gasteiger partial charge in [-0.1, -0.05) is 84.9 Å². The molecule has 0 heterocycles. The first-order valence-electron chi connectivity index (χ1n) is 12.1. The van der Waals surface area contributed by atoms with Crippen molar-refractivity contribution in [3.63, 3.8) is 0 Å². The fourth-order valence-corrected chi connectivity index (χ4v) is 4.20. The van der Waals surface area contributed by atoms with Crippen molar-refractivity contribution in [3.05, 3.63) is 96.1 Å². The van der Waals surface area contributed by atoms with Crippen LogP contribution >= 0.6 is 0 Å². The first-order chi connectivity index (χ1) is 16.8. The minimum Gasteiger partial charge on any atom is -0.198 e. The molecule has 0 radical (unpaired) electrons. The Kier molecular flexibility index (Phi) is 8.16. The molecule has 5 nitrogen and oxygen atoms in total. The lowest BCUT2D eigenvalue weighted by Crippen LogP contribution is -2.28. The molecule has 0 unspecified atom stereocenters. The van der Waals surface area contributed by atoms with Crippen LogP contribution in [-0.2, 0) is 37.7 Å². The summed E-state index contributed by atoms with van der Waals surface area (Å²) in [6.07, 6.45) is 3.16. The standard InChI is InChI=1S/C30H34O5/c1-29(2,21-19-25-15-9-13-23-11-5-7-17-27(23)25)31-33-35-34-32-30(3,4)22-20-26-16-10-14-24-12-6-8-18-28(24)26/h5-18H,19-22H2,1-4H3. The molecule has 35 heavy (non-hydrogen) atoms. The van der Waals surface area contributed by atoms with Crippen LogP contribution in [0, 0.1) is 0 Å². The zero-order valence-corrected chi connectivity index (χ0v) is 21.0. The molecular weight excluding hydrogens is 440 g/mol. The lowest BCUT2D eigenvalue weighted by Gasteiger charge is -2.24. The Hall–Kier alpha value is -2.80. The van der Waals surface area contributed by atoms with Crippen LogP contribution in [-0.4, -0.2) is 11.2 Å². The van der Waals surface area contributed by atoms with Crippen LogP contribution in [0.2, 0.25) is 0 Å². The van der Waals surface area contributed by atoms with Gasteiger partial charge in [0.2, 0.25) is 0 Å². The Balaban J connectivity index is 1.18. The maximum absolute atomic E-state index is 5.43. The molecule has 4 aromatic rings. The highest BCUT2D eigenvalue weighted by Crippen LogP contribution is 2.26. The van der Waals surface area contributed by atoms with E-state index < -0.39 is 11.2 Å². The highest BCUT2D eigenvalue weighted by atomic mass is 17.8. The van der Waals surface area contributed by atoms with Gasteiger partial charge < -0.3 is 0 Å². The van der Waals surface area contributed by atoms with Crippen molar-refractivity contribution in [2.75, 3.05) is 0 Å². The maximum Gasteiger partial charge on any atom is 0.102 e. The second-order valence-electron chi connectivity index (χ2n) is 10.2. The van der Waals surface area contributed by atoms with Crippen LogP contribution < -0.4 is 0 Å². The van der Waals surface area contributed by atoms with E-state index in [9.17, 15) is 0 Å². The molecule has 0 atom stereocenters. The van der Waals surface area contributed by atoms with E-state index in [2.05, 4.69) is 84.9 Å². The van der Waals surface area contributed by atoms with E-state index >= 15 is 0 Å². The van der Waals surface area contributed by atoms with Gasteiger partial charge in [-0.05, 0) is 101 Å². The van der Waals surface area contributed by atoms with Gasteiger partial charge in [0.15, 0.2) is 0 Å². The quantitative estimate of drug-likeness (QED) is 0.119. The van der Waals surface area contributed by atoms with E-state index in [0.717, 1.165) is 25.7 Å². The number of benzene rings is 4. The zero-order chi connectivity index (χ0) is 24.7. The third-order valence-electron chi connectivity index (χ3n) is 6.33. The Morgan fingerprint density at radius 2 is 0.886 bits per heavy atom. The van der Waals surface area contributed by atoms with E-state index in [0.29, 0.717) is 0 Å². The van der Waals surface area contributed by atoms with Crippen molar-refractivity contribution in [2.45, 2.75) is 64.6 Å². The summed E-state index contributed by atoms with van der Waals surface area (Å²) in [5.41, 5.74) is 1.38. The third kappa shape index (κ3) is 7.10. The third-order valence-corrected chi connectivity index (χ3v) is 6.33. The van der Waals surface area contributed by atoms with Gasteiger partial charge in [0.25, 0.3) is 0 Å². The van der Waals surface area contributed by atoms with Crippen LogP contribution in [0.15, 0.2) is 84.9 Å². The van der Waals surface area contributed by atoms with Gasteiger partial charge in [-0.25, -0.2) is 0 Å². The molecule has 0 aliphatic carbocycles. The molecule has 0 aliphatic rings. The number of hydrogen-bond acceptors (Lipinski definition) is 5. The molecule has 184 valence electrons. The molecular formula is C30H34O5. The minimum atomic E-state index is -0.579. The second kappa shape index (κ2) is 11.3. The minimum absolute atomic E-state index is 0.579. The average molecular weight is 475 g/mol. The van der Waals surface area contributed by atoms with Gasteiger partial charge in [0.1, 0.15) is 11.2 Å². The van der Waals surface area contributed by atoms with E-state index in [1.807, 2.05) is 27.7 Å². The summed E-state index contributed by atoms with van der Waals surface area (Å²) in [5.74, 6) is 0. The van der Waals surface area contributed by atoms with E-state index in [1.54, 1.807) is 0 Å². The SMILES string of the molecule is CC(C)(CCc1cccc2ccccc12)OOOOOC(C)(C)CCc1cccc2ccccc12. The summed E-state index contributed by atoms with van der Waals surface area (Å²) >= 11 is 0. The van der Waals surface area contributed by atoms with Crippen molar-refractivity contribution >= 4 is 21.5 Å². The van der Waals surface area contributed by atoms with Crippen LogP contribution in [0.5, 0.6) is 0 Å². The van der Waals surface area contributed by atoms with Crippen LogP contribution in [0.4, 0.5) is 0 Å². The van der Waals surface area contributed by atoms with Gasteiger partial charge in [0, 0.05) is 0 Å². The van der Waals surface area contributed by atoms with Crippen molar-refractivity contribution < 1.29 is 24.9 Å². The predicted octanol–water partition coefficient (Wildman–Crippen LogP) is 7.86. The molecule has 0 aliphatic heterocycles. The maximum atomic E-state index is 5.43. The molecule has 0 N–H and O–H groups in total. The van der Waals surface area contributed by atoms with Crippen molar-refractivity contribution in [1.82, 2.24) is 0 Å². The first-order valence-corrected chi connectivity index (χ1v) is 12.1. The van der Waals surface area contributed by atoms with Crippen LogP contribution in [0.3, 0.4) is 0 Å². The van der Waals surface area contributed by atoms with E-state index in [-0.39, 0.29) is 0 Å². The van der Waals surface area contributed by atoms with E-state index in [1.165, 1.54) is 32.7 Å². The summed E-state index contributed by atoms with van der Waals surface area (Å²) in [7, 11) is 0. The summed E-state index contributed by atoms with van der Waals surface area (Å²) in [4.78, 5) is 10.9. The molecule has 0 bridgehead atoms. The van der Waals surface area contributed by atoms with Gasteiger partial charge >= 0.3 is 0 Å². The second-order valence-corrected chi connectivity index (χ2v) is 10.2. The van der Waals surface area contributed by atoms with E-state index in [4.69, 9.17) is 24.9 Å². The number of aryl methyl sites for hydroxylation is 2. The Morgan fingerprint density at radius 1 is 0.486 bits per heavy atom. The molecule has 0 aromatic heterocycles. The molecule has 4 aromatic carbocycles. The molecule has 0 amide bonds. The molecule has 5 heteroatoms. The fraction of sp³-hybridized carbons (Fsp3) is 0.333. The van der Waals surface area contributed by atoms with Crippen molar-refractivity contribution in [1.29, 1.82) is 0 Å². The van der Waals surface area contributed by atoms with Crippen molar-refractivity contribution in [2.24, 2.45) is 0 Å². The average Bonchev–Trinajstić information content (AvgIpc) is 2.86. The Labute approximate surface area is 207 Å². The highest BCUT2D eigenvalue weighted by molar-refractivity contribution is 5.86. The van der Waals surface area contributed by atoms with Crippen molar-refractivity contribution in [3.8, 4) is 0 Å². The first kappa shape index (κ1) is 25.3. The summed E-state index contributed by atoms with van der Waals surface area (Å²) in [6.45, 7) is 7.76. The number of fused-ring (bicyclic) bond motifs is 2. The molecule has 0 fully saturated rings. The number of rotatable bonds is 12. The Bertz CT molecular complexity index is 1140. The molecule has 0 saturated heterocycles. The van der Waals surface area contributed by atoms with Gasteiger partial charge in [-0.15, -0.1) is 0 Å². The Morgan fingerprint density at radius 3 is 1.34 bits per heavy atom. The van der Waals surface area contributed by atoms with Gasteiger partial charge in [-0.2, -0.15) is 9.78 Å². The fourth-order valence-electron chi connectivity index (χ4n) is 4.20. The topological polar surface area (TPSA) is 46.2 Å². The lowest BCUT2D eigenvalue weighted by molar-refractivity contribution is -0.726. The van der Waals surface area contributed by atoms with Crippen LogP contribution in [0.1, 0.15) is 51.7 Å². The highest BCUT2D eigenvalue weighted by Gasteiger charge is 2.24.